The SMILES string of the molecule is CSCC[C@H](Nc1cc(Cl)c(Cl)cc1[N+](=O)[O-])C(=O)O. The van der Waals surface area contributed by atoms with Crippen LogP contribution >= 0.6 is 35.0 Å². The normalized spacial score (nSPS) is 11.9. The minimum absolute atomic E-state index is 0.0397. The summed E-state index contributed by atoms with van der Waals surface area (Å²) in [5.41, 5.74) is -0.271. The molecule has 0 amide bonds. The number of anilines is 1. The molecule has 1 aromatic rings. The largest absolute Gasteiger partial charge is 0.480 e. The monoisotopic (exact) mass is 338 g/mol. The number of benzene rings is 1. The topological polar surface area (TPSA) is 92.5 Å². The second kappa shape index (κ2) is 7.56. The Labute approximate surface area is 129 Å². The van der Waals surface area contributed by atoms with Crippen molar-refractivity contribution in [2.75, 3.05) is 17.3 Å². The quantitative estimate of drug-likeness (QED) is 0.583. The molecular weight excluding hydrogens is 327 g/mol. The van der Waals surface area contributed by atoms with Gasteiger partial charge in [-0.05, 0) is 24.5 Å². The predicted molar refractivity (Wildman–Crippen MR) is 81.2 cm³/mol. The second-order valence-corrected chi connectivity index (χ2v) is 5.66. The van der Waals surface area contributed by atoms with Crippen LogP contribution in [-0.4, -0.2) is 34.0 Å². The lowest BCUT2D eigenvalue weighted by Crippen LogP contribution is -2.30. The number of nitro benzene ring substituents is 1. The molecule has 0 aliphatic carbocycles. The third kappa shape index (κ3) is 4.43. The Bertz CT molecular complexity index is 527. The van der Waals surface area contributed by atoms with Crippen molar-refractivity contribution in [2.24, 2.45) is 0 Å². The van der Waals surface area contributed by atoms with Gasteiger partial charge in [-0.25, -0.2) is 4.79 Å². The molecule has 0 aliphatic heterocycles. The van der Waals surface area contributed by atoms with E-state index in [4.69, 9.17) is 28.3 Å². The van der Waals surface area contributed by atoms with Crippen molar-refractivity contribution in [3.05, 3.63) is 32.3 Å². The minimum Gasteiger partial charge on any atom is -0.480 e. The van der Waals surface area contributed by atoms with Crippen LogP contribution in [0.3, 0.4) is 0 Å². The molecule has 1 rings (SSSR count). The summed E-state index contributed by atoms with van der Waals surface area (Å²) in [6, 6.07) is 1.43. The highest BCUT2D eigenvalue weighted by molar-refractivity contribution is 7.98. The van der Waals surface area contributed by atoms with Crippen LogP contribution in [0.25, 0.3) is 0 Å². The van der Waals surface area contributed by atoms with E-state index in [-0.39, 0.29) is 21.4 Å². The lowest BCUT2D eigenvalue weighted by Gasteiger charge is -2.15. The number of nitro groups is 1. The van der Waals surface area contributed by atoms with Gasteiger partial charge in [-0.1, -0.05) is 23.2 Å². The van der Waals surface area contributed by atoms with E-state index in [1.54, 1.807) is 0 Å². The highest BCUT2D eigenvalue weighted by Crippen LogP contribution is 2.34. The van der Waals surface area contributed by atoms with Gasteiger partial charge in [0.05, 0.1) is 15.0 Å². The highest BCUT2D eigenvalue weighted by atomic mass is 35.5. The predicted octanol–water partition coefficient (Wildman–Crippen LogP) is 3.52. The van der Waals surface area contributed by atoms with E-state index in [1.807, 2.05) is 6.26 Å². The fraction of sp³-hybridized carbons (Fsp3) is 0.364. The Morgan fingerprint density at radius 1 is 1.50 bits per heavy atom. The van der Waals surface area contributed by atoms with Crippen molar-refractivity contribution in [3.8, 4) is 0 Å². The first-order valence-corrected chi connectivity index (χ1v) is 7.63. The smallest absolute Gasteiger partial charge is 0.326 e. The van der Waals surface area contributed by atoms with Crippen LogP contribution < -0.4 is 5.32 Å². The molecule has 9 heteroatoms. The molecule has 0 aromatic heterocycles. The van der Waals surface area contributed by atoms with Crippen molar-refractivity contribution in [1.82, 2.24) is 0 Å². The lowest BCUT2D eigenvalue weighted by molar-refractivity contribution is -0.384. The third-order valence-corrected chi connectivity index (χ3v) is 3.84. The van der Waals surface area contributed by atoms with Crippen molar-refractivity contribution < 1.29 is 14.8 Å². The van der Waals surface area contributed by atoms with Crippen molar-refractivity contribution in [1.29, 1.82) is 0 Å². The van der Waals surface area contributed by atoms with Gasteiger partial charge in [0.25, 0.3) is 5.69 Å². The lowest BCUT2D eigenvalue weighted by atomic mass is 10.2. The van der Waals surface area contributed by atoms with Gasteiger partial charge in [0, 0.05) is 6.07 Å². The first kappa shape index (κ1) is 16.9. The molecule has 0 radical (unpaired) electrons. The van der Waals surface area contributed by atoms with Gasteiger partial charge < -0.3 is 10.4 Å². The summed E-state index contributed by atoms with van der Waals surface area (Å²) in [4.78, 5) is 21.5. The number of halogens is 2. The van der Waals surface area contributed by atoms with Crippen LogP contribution in [0.1, 0.15) is 6.42 Å². The average molecular weight is 339 g/mol. The zero-order chi connectivity index (χ0) is 15.3. The van der Waals surface area contributed by atoms with Crippen LogP contribution in [-0.2, 0) is 4.79 Å². The minimum atomic E-state index is -1.08. The first-order chi connectivity index (χ1) is 9.36. The summed E-state index contributed by atoms with van der Waals surface area (Å²) in [6.45, 7) is 0. The number of hydrogen-bond donors (Lipinski definition) is 2. The van der Waals surface area contributed by atoms with E-state index in [0.29, 0.717) is 12.2 Å². The number of hydrogen-bond acceptors (Lipinski definition) is 5. The van der Waals surface area contributed by atoms with Gasteiger partial charge in [0.2, 0.25) is 0 Å². The van der Waals surface area contributed by atoms with E-state index in [2.05, 4.69) is 5.32 Å². The van der Waals surface area contributed by atoms with Gasteiger partial charge in [0.15, 0.2) is 0 Å². The molecule has 2 N–H and O–H groups in total. The zero-order valence-corrected chi connectivity index (χ0v) is 12.8. The molecule has 0 saturated carbocycles. The average Bonchev–Trinajstić information content (AvgIpc) is 2.37. The molecule has 1 aromatic carbocycles. The van der Waals surface area contributed by atoms with Gasteiger partial charge >= 0.3 is 5.97 Å². The van der Waals surface area contributed by atoms with Crippen LogP contribution in [0, 0.1) is 10.1 Å². The summed E-state index contributed by atoms with van der Waals surface area (Å²) in [6.07, 6.45) is 2.18. The Balaban J connectivity index is 3.07. The fourth-order valence-electron chi connectivity index (χ4n) is 1.48. The summed E-state index contributed by atoms with van der Waals surface area (Å²) < 4.78 is 0. The van der Waals surface area contributed by atoms with Crippen LogP contribution in [0.4, 0.5) is 11.4 Å². The molecular formula is C11H12Cl2N2O4S. The first-order valence-electron chi connectivity index (χ1n) is 5.48. The maximum Gasteiger partial charge on any atom is 0.326 e. The number of thioether (sulfide) groups is 1. The Kier molecular flexibility index (Phi) is 6.38. The molecule has 1 atom stereocenters. The molecule has 0 bridgehead atoms. The van der Waals surface area contributed by atoms with Crippen LogP contribution in [0.15, 0.2) is 12.1 Å². The van der Waals surface area contributed by atoms with Crippen LogP contribution in [0.5, 0.6) is 0 Å². The van der Waals surface area contributed by atoms with Crippen molar-refractivity contribution in [2.45, 2.75) is 12.5 Å². The maximum atomic E-state index is 11.1. The molecule has 6 nitrogen and oxygen atoms in total. The van der Waals surface area contributed by atoms with Crippen molar-refractivity contribution >= 4 is 52.3 Å². The zero-order valence-electron chi connectivity index (χ0n) is 10.4. The van der Waals surface area contributed by atoms with E-state index in [9.17, 15) is 14.9 Å². The molecule has 20 heavy (non-hydrogen) atoms. The van der Waals surface area contributed by atoms with E-state index in [0.717, 1.165) is 6.07 Å². The van der Waals surface area contributed by atoms with Gasteiger partial charge in [-0.3, -0.25) is 10.1 Å². The summed E-state index contributed by atoms with van der Waals surface area (Å²) in [7, 11) is 0. The third-order valence-electron chi connectivity index (χ3n) is 2.47. The molecule has 110 valence electrons. The Hall–Kier alpha value is -1.18. The summed E-state index contributed by atoms with van der Waals surface area (Å²) in [5.74, 6) is -0.474. The standard InChI is InChI=1S/C11H12Cl2N2O4S/c1-20-3-2-8(11(16)17)14-9-4-6(12)7(13)5-10(9)15(18)19/h4-5,8,14H,2-3H2,1H3,(H,16,17)/t8-/m0/s1. The van der Waals surface area contributed by atoms with Crippen molar-refractivity contribution in [3.63, 3.8) is 0 Å². The number of rotatable bonds is 7. The fourth-order valence-corrected chi connectivity index (χ4v) is 2.28. The molecule has 0 heterocycles. The summed E-state index contributed by atoms with van der Waals surface area (Å²) >= 11 is 13.0. The van der Waals surface area contributed by atoms with E-state index < -0.39 is 16.9 Å². The molecule has 0 fully saturated rings. The second-order valence-electron chi connectivity index (χ2n) is 3.86. The number of nitrogens with one attached hydrogen (secondary N) is 1. The Morgan fingerprint density at radius 3 is 2.60 bits per heavy atom. The molecule has 0 aliphatic rings. The van der Waals surface area contributed by atoms with Gasteiger partial charge in [0.1, 0.15) is 11.7 Å². The number of carbonyl (C=O) groups is 1. The number of aliphatic carboxylic acids is 1. The highest BCUT2D eigenvalue weighted by Gasteiger charge is 2.23. The molecule has 0 spiro atoms. The van der Waals surface area contributed by atoms with E-state index >= 15 is 0 Å². The number of carboxylic acid groups (broad SMARTS) is 1. The molecule has 0 saturated heterocycles. The molecule has 0 unspecified atom stereocenters. The number of nitrogens with zero attached hydrogens (tertiary/aromatic N) is 1. The van der Waals surface area contributed by atoms with Crippen LogP contribution in [0.2, 0.25) is 10.0 Å². The maximum absolute atomic E-state index is 11.1. The summed E-state index contributed by atoms with van der Waals surface area (Å²) in [5, 5.41) is 22.9. The number of carboxylic acids is 1. The van der Waals surface area contributed by atoms with Gasteiger partial charge in [-0.15, -0.1) is 0 Å². The Morgan fingerprint density at radius 2 is 2.10 bits per heavy atom. The van der Waals surface area contributed by atoms with Gasteiger partial charge in [-0.2, -0.15) is 11.8 Å². The van der Waals surface area contributed by atoms with E-state index in [1.165, 1.54) is 17.8 Å².